The van der Waals surface area contributed by atoms with Crippen LogP contribution in [0.3, 0.4) is 0 Å². The third-order valence-corrected chi connectivity index (χ3v) is 2.29. The number of aliphatic hydroxyl groups is 1. The van der Waals surface area contributed by atoms with E-state index in [2.05, 4.69) is 0 Å². The smallest absolute Gasteiger partial charge is 0.198 e. The van der Waals surface area contributed by atoms with Crippen LogP contribution in [-0.2, 0) is 6.42 Å². The minimum atomic E-state index is -0.688. The molecule has 3 nitrogen and oxygen atoms in total. The van der Waals surface area contributed by atoms with Gasteiger partial charge in [-0.25, -0.2) is 0 Å². The number of hydrogen-bond donors (Lipinski definition) is 1. The lowest BCUT2D eigenvalue weighted by molar-refractivity contribution is 0.170. The van der Waals surface area contributed by atoms with E-state index in [1.165, 1.54) is 6.26 Å². The second-order valence-corrected chi connectivity index (χ2v) is 3.29. The number of furan rings is 2. The average molecular weight is 213 g/mol. The van der Waals surface area contributed by atoms with E-state index in [0.29, 0.717) is 12.0 Å². The highest BCUT2D eigenvalue weighted by molar-refractivity contribution is 6.29. The molecule has 0 fully saturated rings. The molecule has 1 unspecified atom stereocenters. The third kappa shape index (κ3) is 1.84. The fourth-order valence-electron chi connectivity index (χ4n) is 1.27. The van der Waals surface area contributed by atoms with Gasteiger partial charge >= 0.3 is 0 Å². The molecule has 1 atom stereocenters. The van der Waals surface area contributed by atoms with Crippen LogP contribution < -0.4 is 0 Å². The average Bonchev–Trinajstić information content (AvgIpc) is 2.75. The minimum Gasteiger partial charge on any atom is -0.469 e. The largest absolute Gasteiger partial charge is 0.469 e. The second-order valence-electron chi connectivity index (χ2n) is 2.95. The van der Waals surface area contributed by atoms with E-state index in [0.717, 1.165) is 5.76 Å². The number of halogens is 1. The third-order valence-electron chi connectivity index (χ3n) is 1.98. The van der Waals surface area contributed by atoms with Crippen LogP contribution in [0.15, 0.2) is 39.6 Å². The van der Waals surface area contributed by atoms with Gasteiger partial charge in [-0.05, 0) is 29.8 Å². The Hall–Kier alpha value is -1.19. The highest BCUT2D eigenvalue weighted by atomic mass is 35.5. The van der Waals surface area contributed by atoms with E-state index in [9.17, 15) is 5.11 Å². The predicted octanol–water partition coefficient (Wildman–Crippen LogP) is 2.80. The van der Waals surface area contributed by atoms with Crippen LogP contribution in [-0.4, -0.2) is 5.11 Å². The number of rotatable bonds is 3. The summed E-state index contributed by atoms with van der Waals surface area (Å²) in [5, 5.41) is 9.98. The summed E-state index contributed by atoms with van der Waals surface area (Å²) in [6, 6.07) is 5.23. The van der Waals surface area contributed by atoms with Crippen molar-refractivity contribution in [2.75, 3.05) is 0 Å². The number of hydrogen-bond acceptors (Lipinski definition) is 3. The Kier molecular flexibility index (Phi) is 2.61. The van der Waals surface area contributed by atoms with Crippen molar-refractivity contribution < 1.29 is 13.9 Å². The number of aliphatic hydroxyl groups excluding tert-OH is 1. The topological polar surface area (TPSA) is 46.5 Å². The molecule has 0 aliphatic carbocycles. The van der Waals surface area contributed by atoms with Crippen molar-refractivity contribution in [2.45, 2.75) is 12.5 Å². The highest BCUT2D eigenvalue weighted by Gasteiger charge is 2.15. The summed E-state index contributed by atoms with van der Waals surface area (Å²) in [5.41, 5.74) is 0.586. The molecule has 2 aromatic heterocycles. The molecule has 2 aromatic rings. The Morgan fingerprint density at radius 1 is 1.29 bits per heavy atom. The van der Waals surface area contributed by atoms with Crippen LogP contribution in [0.2, 0.25) is 5.22 Å². The highest BCUT2D eigenvalue weighted by Crippen LogP contribution is 2.26. The van der Waals surface area contributed by atoms with Gasteiger partial charge in [0, 0.05) is 12.0 Å². The van der Waals surface area contributed by atoms with Gasteiger partial charge in [0.2, 0.25) is 0 Å². The normalized spacial score (nSPS) is 13.0. The molecule has 0 bridgehead atoms. The van der Waals surface area contributed by atoms with Gasteiger partial charge in [-0.1, -0.05) is 0 Å². The molecule has 0 spiro atoms. The molecule has 0 saturated heterocycles. The van der Waals surface area contributed by atoms with Gasteiger partial charge in [0.15, 0.2) is 5.22 Å². The molecule has 4 heteroatoms. The molecule has 0 amide bonds. The molecule has 1 N–H and O–H groups in total. The van der Waals surface area contributed by atoms with Crippen LogP contribution in [0.1, 0.15) is 17.4 Å². The van der Waals surface area contributed by atoms with Gasteiger partial charge in [0.05, 0.1) is 18.6 Å². The van der Waals surface area contributed by atoms with Crippen molar-refractivity contribution >= 4 is 11.6 Å². The predicted molar refractivity (Wildman–Crippen MR) is 51.1 cm³/mol. The molecule has 2 heterocycles. The van der Waals surface area contributed by atoms with Crippen molar-refractivity contribution in [2.24, 2.45) is 0 Å². The van der Waals surface area contributed by atoms with Crippen molar-refractivity contribution in [3.8, 4) is 0 Å². The molecule has 74 valence electrons. The Morgan fingerprint density at radius 3 is 2.71 bits per heavy atom. The lowest BCUT2D eigenvalue weighted by Gasteiger charge is -2.05. The van der Waals surface area contributed by atoms with Gasteiger partial charge in [-0.15, -0.1) is 0 Å². The summed E-state index contributed by atoms with van der Waals surface area (Å²) in [6.45, 7) is 0. The molecule has 2 rings (SSSR count). The van der Waals surface area contributed by atoms with Crippen molar-refractivity contribution in [3.63, 3.8) is 0 Å². The second kappa shape index (κ2) is 3.90. The first-order chi connectivity index (χ1) is 6.77. The maximum atomic E-state index is 9.76. The van der Waals surface area contributed by atoms with E-state index in [-0.39, 0.29) is 5.22 Å². The maximum Gasteiger partial charge on any atom is 0.198 e. The molecule has 14 heavy (non-hydrogen) atoms. The van der Waals surface area contributed by atoms with Gasteiger partial charge in [-0.2, -0.15) is 0 Å². The first kappa shape index (κ1) is 9.37. The van der Waals surface area contributed by atoms with Crippen LogP contribution in [0.5, 0.6) is 0 Å². The van der Waals surface area contributed by atoms with Crippen LogP contribution in [0.25, 0.3) is 0 Å². The molecule has 0 radical (unpaired) electrons. The molecular formula is C10H9ClO3. The summed E-state index contributed by atoms with van der Waals surface area (Å²) in [6.07, 6.45) is 2.72. The van der Waals surface area contributed by atoms with Gasteiger partial charge < -0.3 is 13.9 Å². The monoisotopic (exact) mass is 212 g/mol. The van der Waals surface area contributed by atoms with E-state index in [1.807, 2.05) is 0 Å². The van der Waals surface area contributed by atoms with Crippen molar-refractivity contribution in [1.82, 2.24) is 0 Å². The van der Waals surface area contributed by atoms with Gasteiger partial charge in [0.1, 0.15) is 5.76 Å². The van der Waals surface area contributed by atoms with Crippen LogP contribution in [0, 0.1) is 0 Å². The maximum absolute atomic E-state index is 9.76. The quantitative estimate of drug-likeness (QED) is 0.851. The SMILES string of the molecule is OC(Cc1ccco1)c1ccoc1Cl. The summed E-state index contributed by atoms with van der Waals surface area (Å²) in [7, 11) is 0. The fraction of sp³-hybridized carbons (Fsp3) is 0.200. The standard InChI is InChI=1S/C10H9ClO3/c11-10-8(3-5-14-10)9(12)6-7-2-1-4-13-7/h1-5,9,12H,6H2. The summed E-state index contributed by atoms with van der Waals surface area (Å²) in [5.74, 6) is 0.717. The lowest BCUT2D eigenvalue weighted by Crippen LogP contribution is -1.99. The van der Waals surface area contributed by atoms with Crippen molar-refractivity contribution in [1.29, 1.82) is 0 Å². The zero-order valence-corrected chi connectivity index (χ0v) is 8.07. The Labute approximate surface area is 85.9 Å². The van der Waals surface area contributed by atoms with Crippen LogP contribution >= 0.6 is 11.6 Å². The van der Waals surface area contributed by atoms with E-state index in [4.69, 9.17) is 20.4 Å². The zero-order valence-electron chi connectivity index (χ0n) is 7.31. The summed E-state index contributed by atoms with van der Waals surface area (Å²) < 4.78 is 9.99. The molecule has 0 aliphatic heterocycles. The lowest BCUT2D eigenvalue weighted by atomic mass is 10.1. The van der Waals surface area contributed by atoms with E-state index < -0.39 is 6.10 Å². The Bertz CT molecular complexity index is 391. The first-order valence-corrected chi connectivity index (χ1v) is 4.58. The summed E-state index contributed by atoms with van der Waals surface area (Å²) in [4.78, 5) is 0. The molecular weight excluding hydrogens is 204 g/mol. The first-order valence-electron chi connectivity index (χ1n) is 4.20. The van der Waals surface area contributed by atoms with Gasteiger partial charge in [-0.3, -0.25) is 0 Å². The zero-order chi connectivity index (χ0) is 9.97. The van der Waals surface area contributed by atoms with Crippen molar-refractivity contribution in [3.05, 3.63) is 47.3 Å². The van der Waals surface area contributed by atoms with E-state index in [1.54, 1.807) is 24.5 Å². The van der Waals surface area contributed by atoms with Gasteiger partial charge in [0.25, 0.3) is 0 Å². The minimum absolute atomic E-state index is 0.226. The van der Waals surface area contributed by atoms with E-state index >= 15 is 0 Å². The summed E-state index contributed by atoms with van der Waals surface area (Å²) >= 11 is 5.72. The molecule has 0 aliphatic rings. The van der Waals surface area contributed by atoms with Crippen LogP contribution in [0.4, 0.5) is 0 Å². The fourth-order valence-corrected chi connectivity index (χ4v) is 1.51. The molecule has 0 aromatic carbocycles. The molecule has 0 saturated carbocycles. The Balaban J connectivity index is 2.10. The Morgan fingerprint density at radius 2 is 2.14 bits per heavy atom.